The molecule has 1 unspecified atom stereocenters. The van der Waals surface area contributed by atoms with Gasteiger partial charge >= 0.3 is 6.18 Å². The van der Waals surface area contributed by atoms with Crippen LogP contribution in [0.25, 0.3) is 0 Å². The van der Waals surface area contributed by atoms with Gasteiger partial charge in [-0.15, -0.1) is 0 Å². The Morgan fingerprint density at radius 3 is 2.24 bits per heavy atom. The molecule has 200 valence electrons. The highest BCUT2D eigenvalue weighted by Gasteiger charge is 2.52. The first-order chi connectivity index (χ1) is 17.4. The third-order valence-corrected chi connectivity index (χ3v) is 9.27. The fraction of sp³-hybridized carbons (Fsp3) is 0.655. The first-order valence-corrected chi connectivity index (χ1v) is 13.7. The maximum absolute atomic E-state index is 13.7. The molecule has 2 heterocycles. The zero-order valence-electron chi connectivity index (χ0n) is 21.8. The van der Waals surface area contributed by atoms with Crippen LogP contribution in [0.1, 0.15) is 94.5 Å². The monoisotopic (exact) mass is 514 g/mol. The summed E-state index contributed by atoms with van der Waals surface area (Å²) in [6.45, 7) is 6.17. The highest BCUT2D eigenvalue weighted by atomic mass is 19.4. The van der Waals surface area contributed by atoms with E-state index in [1.807, 2.05) is 16.9 Å². The van der Waals surface area contributed by atoms with Gasteiger partial charge in [-0.05, 0) is 107 Å². The number of alkyl halides is 3. The molecule has 1 aliphatic heterocycles. The van der Waals surface area contributed by atoms with Crippen LogP contribution in [-0.2, 0) is 16.5 Å². The van der Waals surface area contributed by atoms with E-state index in [9.17, 15) is 18.0 Å². The van der Waals surface area contributed by atoms with Crippen molar-refractivity contribution >= 4 is 5.91 Å². The van der Waals surface area contributed by atoms with Gasteiger partial charge in [0.1, 0.15) is 0 Å². The van der Waals surface area contributed by atoms with Crippen LogP contribution in [0.2, 0.25) is 0 Å². The molecule has 8 heteroatoms. The van der Waals surface area contributed by atoms with E-state index in [1.54, 1.807) is 6.07 Å². The number of rotatable bonds is 4. The summed E-state index contributed by atoms with van der Waals surface area (Å²) >= 11 is 0. The van der Waals surface area contributed by atoms with Crippen LogP contribution in [0, 0.1) is 17.8 Å². The van der Waals surface area contributed by atoms with Gasteiger partial charge in [0.2, 0.25) is 5.91 Å². The molecule has 5 fully saturated rings. The molecule has 4 bridgehead atoms. The molecular weight excluding hydrogens is 477 g/mol. The Kier molecular flexibility index (Phi) is 5.79. The lowest BCUT2D eigenvalue weighted by Crippen LogP contribution is -2.62. The molecule has 1 amide bonds. The Morgan fingerprint density at radius 1 is 1.03 bits per heavy atom. The SMILES string of the molecule is CC(C)(C)n1ccc(C2C[C@@H](C(=O)NC34CC5CC(CC(C5)C3)C4)N[C@H]2c2cccc(C(F)(F)F)c2)n1. The second-order valence-electron chi connectivity index (χ2n) is 13.2. The quantitative estimate of drug-likeness (QED) is 0.532. The Labute approximate surface area is 216 Å². The molecule has 4 saturated carbocycles. The maximum Gasteiger partial charge on any atom is 0.416 e. The maximum atomic E-state index is 13.7. The summed E-state index contributed by atoms with van der Waals surface area (Å²) in [5.41, 5.74) is 0.341. The van der Waals surface area contributed by atoms with E-state index in [0.29, 0.717) is 12.0 Å². The van der Waals surface area contributed by atoms with Crippen molar-refractivity contribution in [3.05, 3.63) is 53.3 Å². The number of hydrogen-bond donors (Lipinski definition) is 2. The highest BCUT2D eigenvalue weighted by Crippen LogP contribution is 2.55. The van der Waals surface area contributed by atoms with Crippen LogP contribution in [0.3, 0.4) is 0 Å². The number of aromatic nitrogens is 2. The lowest BCUT2D eigenvalue weighted by molar-refractivity contribution is -0.137. The first kappa shape index (κ1) is 25.0. The normalized spacial score (nSPS) is 35.2. The molecular formula is C29H37F3N4O. The van der Waals surface area contributed by atoms with Crippen molar-refractivity contribution in [3.8, 4) is 0 Å². The Balaban J connectivity index is 1.28. The molecule has 0 spiro atoms. The van der Waals surface area contributed by atoms with Gasteiger partial charge < -0.3 is 5.32 Å². The Hall–Kier alpha value is -2.35. The van der Waals surface area contributed by atoms with Gasteiger partial charge in [-0.1, -0.05) is 12.1 Å². The lowest BCUT2D eigenvalue weighted by Gasteiger charge is -2.57. The number of nitrogens with zero attached hydrogens (tertiary/aromatic N) is 2. The molecule has 1 aromatic heterocycles. The average molecular weight is 515 g/mol. The number of carbonyl (C=O) groups is 1. The summed E-state index contributed by atoms with van der Waals surface area (Å²) in [7, 11) is 0. The second-order valence-corrected chi connectivity index (χ2v) is 13.2. The van der Waals surface area contributed by atoms with Crippen molar-refractivity contribution in [1.82, 2.24) is 20.4 Å². The van der Waals surface area contributed by atoms with Crippen molar-refractivity contribution in [2.24, 2.45) is 17.8 Å². The molecule has 2 aromatic rings. The van der Waals surface area contributed by atoms with E-state index in [2.05, 4.69) is 31.4 Å². The molecule has 2 N–H and O–H groups in total. The van der Waals surface area contributed by atoms with Crippen LogP contribution in [0.4, 0.5) is 13.2 Å². The standard InChI is InChI=1S/C29H37F3N4O/c1-27(2,3)36-8-7-23(35-36)22-13-24(33-25(22)20-5-4-6-21(12-20)29(30,31)32)26(37)34-28-14-17-9-18(15-28)11-19(10-17)16-28/h4-8,12,17-19,22,24-25,33H,9-11,13-16H2,1-3H3,(H,34,37)/t17?,18?,19?,22?,24-,25-,28?/m0/s1. The van der Waals surface area contributed by atoms with Crippen molar-refractivity contribution in [1.29, 1.82) is 0 Å². The van der Waals surface area contributed by atoms with Gasteiger partial charge in [0, 0.05) is 23.7 Å². The minimum absolute atomic E-state index is 0.0170. The van der Waals surface area contributed by atoms with Gasteiger partial charge in [-0.2, -0.15) is 18.3 Å². The molecule has 1 aromatic carbocycles. The van der Waals surface area contributed by atoms with Crippen LogP contribution in [-0.4, -0.2) is 27.3 Å². The molecule has 3 atom stereocenters. The topological polar surface area (TPSA) is 59.0 Å². The van der Waals surface area contributed by atoms with Gasteiger partial charge in [-0.25, -0.2) is 0 Å². The zero-order chi connectivity index (χ0) is 26.2. The number of carbonyl (C=O) groups excluding carboxylic acids is 1. The van der Waals surface area contributed by atoms with Crippen molar-refractivity contribution in [3.63, 3.8) is 0 Å². The molecule has 7 rings (SSSR count). The Morgan fingerprint density at radius 2 is 1.68 bits per heavy atom. The van der Waals surface area contributed by atoms with Gasteiger partial charge in [0.15, 0.2) is 0 Å². The summed E-state index contributed by atoms with van der Waals surface area (Å²) in [6.07, 6.45) is 5.08. The van der Waals surface area contributed by atoms with E-state index in [1.165, 1.54) is 31.4 Å². The van der Waals surface area contributed by atoms with E-state index < -0.39 is 23.8 Å². The third kappa shape index (κ3) is 4.70. The molecule has 37 heavy (non-hydrogen) atoms. The smallest absolute Gasteiger partial charge is 0.349 e. The fourth-order valence-electron chi connectivity index (χ4n) is 8.02. The van der Waals surface area contributed by atoms with Crippen LogP contribution >= 0.6 is 0 Å². The third-order valence-electron chi connectivity index (χ3n) is 9.27. The summed E-state index contributed by atoms with van der Waals surface area (Å²) in [6, 6.07) is 6.52. The predicted octanol–water partition coefficient (Wildman–Crippen LogP) is 5.93. The van der Waals surface area contributed by atoms with Crippen molar-refractivity contribution in [2.45, 2.75) is 101 Å². The predicted molar refractivity (Wildman–Crippen MR) is 135 cm³/mol. The summed E-state index contributed by atoms with van der Waals surface area (Å²) in [4.78, 5) is 13.7. The number of benzene rings is 1. The summed E-state index contributed by atoms with van der Waals surface area (Å²) < 4.78 is 42.5. The van der Waals surface area contributed by atoms with Crippen LogP contribution in [0.15, 0.2) is 36.5 Å². The van der Waals surface area contributed by atoms with E-state index in [4.69, 9.17) is 5.10 Å². The summed E-state index contributed by atoms with van der Waals surface area (Å²) in [5.74, 6) is 1.93. The lowest BCUT2D eigenvalue weighted by atomic mass is 9.53. The van der Waals surface area contributed by atoms with E-state index in [0.717, 1.165) is 48.8 Å². The number of amides is 1. The van der Waals surface area contributed by atoms with Gasteiger partial charge in [0.25, 0.3) is 0 Å². The molecule has 0 radical (unpaired) electrons. The van der Waals surface area contributed by atoms with Crippen LogP contribution in [0.5, 0.6) is 0 Å². The minimum Gasteiger partial charge on any atom is -0.349 e. The second kappa shape index (κ2) is 8.58. The first-order valence-electron chi connectivity index (χ1n) is 13.7. The van der Waals surface area contributed by atoms with Crippen molar-refractivity contribution in [2.75, 3.05) is 0 Å². The summed E-state index contributed by atoms with van der Waals surface area (Å²) in [5, 5.41) is 11.7. The number of halogens is 3. The van der Waals surface area contributed by atoms with Crippen molar-refractivity contribution < 1.29 is 18.0 Å². The number of hydrogen-bond acceptors (Lipinski definition) is 3. The zero-order valence-corrected chi connectivity index (χ0v) is 21.8. The average Bonchev–Trinajstić information content (AvgIpc) is 3.45. The van der Waals surface area contributed by atoms with Gasteiger partial charge in [-0.3, -0.25) is 14.8 Å². The molecule has 5 aliphatic rings. The van der Waals surface area contributed by atoms with E-state index in [-0.39, 0.29) is 22.9 Å². The highest BCUT2D eigenvalue weighted by molar-refractivity contribution is 5.83. The number of nitrogens with one attached hydrogen (secondary N) is 2. The largest absolute Gasteiger partial charge is 0.416 e. The Bertz CT molecular complexity index is 1150. The minimum atomic E-state index is -4.42. The van der Waals surface area contributed by atoms with E-state index >= 15 is 0 Å². The van der Waals surface area contributed by atoms with Gasteiger partial charge in [0.05, 0.1) is 22.8 Å². The molecule has 4 aliphatic carbocycles. The molecule has 1 saturated heterocycles. The molecule has 5 nitrogen and oxygen atoms in total. The van der Waals surface area contributed by atoms with Crippen LogP contribution < -0.4 is 10.6 Å². The fourth-order valence-corrected chi connectivity index (χ4v) is 8.02.